The first kappa shape index (κ1) is 17.6. The molecule has 0 fully saturated rings. The molecule has 0 unspecified atom stereocenters. The number of para-hydroxylation sites is 1. The summed E-state index contributed by atoms with van der Waals surface area (Å²) >= 11 is 9.08. The van der Waals surface area contributed by atoms with E-state index in [0.717, 1.165) is 12.1 Å². The largest absolute Gasteiger partial charge is 0.418 e. The summed E-state index contributed by atoms with van der Waals surface area (Å²) in [4.78, 5) is 11.9. The maximum Gasteiger partial charge on any atom is 0.418 e. The molecule has 3 nitrogen and oxygen atoms in total. The molecule has 0 saturated carbocycles. The molecule has 2 rings (SSSR count). The number of rotatable bonds is 2. The predicted molar refractivity (Wildman–Crippen MR) is 85.0 cm³/mol. The van der Waals surface area contributed by atoms with Gasteiger partial charge in [-0.2, -0.15) is 13.2 Å². The Morgan fingerprint density at radius 2 is 1.91 bits per heavy atom. The Balaban J connectivity index is 2.20. The summed E-state index contributed by atoms with van der Waals surface area (Å²) in [6.45, 7) is 1.71. The number of hydrogen-bond acceptors (Lipinski definition) is 2. The number of aryl methyl sites for hydroxylation is 1. The predicted octanol–water partition coefficient (Wildman–Crippen LogP) is 6.04. The zero-order valence-electron chi connectivity index (χ0n) is 11.7. The maximum absolute atomic E-state index is 12.9. The van der Waals surface area contributed by atoms with Crippen molar-refractivity contribution < 1.29 is 22.7 Å². The Labute approximate surface area is 143 Å². The summed E-state index contributed by atoms with van der Waals surface area (Å²) in [5.41, 5.74) is -0.677. The van der Waals surface area contributed by atoms with E-state index >= 15 is 0 Å². The smallest absolute Gasteiger partial charge is 0.409 e. The number of halogens is 5. The van der Waals surface area contributed by atoms with E-state index in [0.29, 0.717) is 15.1 Å². The van der Waals surface area contributed by atoms with Gasteiger partial charge in [0.1, 0.15) is 5.75 Å². The van der Waals surface area contributed by atoms with Crippen molar-refractivity contribution in [2.24, 2.45) is 0 Å². The van der Waals surface area contributed by atoms with Gasteiger partial charge in [-0.15, -0.1) is 0 Å². The number of carbonyl (C=O) groups excluding carboxylic acids is 1. The Morgan fingerprint density at radius 1 is 1.26 bits per heavy atom. The first-order chi connectivity index (χ1) is 10.7. The lowest BCUT2D eigenvalue weighted by atomic mass is 10.2. The van der Waals surface area contributed by atoms with Gasteiger partial charge in [0.25, 0.3) is 0 Å². The normalized spacial score (nSPS) is 11.2. The third-order valence-electron chi connectivity index (χ3n) is 2.89. The van der Waals surface area contributed by atoms with Crippen molar-refractivity contribution in [2.45, 2.75) is 13.1 Å². The summed E-state index contributed by atoms with van der Waals surface area (Å²) in [5.74, 6) is 0.147. The number of carbonyl (C=O) groups is 1. The van der Waals surface area contributed by atoms with Crippen LogP contribution in [0.5, 0.6) is 5.75 Å². The molecule has 0 saturated heterocycles. The van der Waals surface area contributed by atoms with Gasteiger partial charge in [0.2, 0.25) is 0 Å². The number of nitrogens with one attached hydrogen (secondary N) is 1. The van der Waals surface area contributed by atoms with E-state index < -0.39 is 17.8 Å². The van der Waals surface area contributed by atoms with Gasteiger partial charge in [-0.1, -0.05) is 23.7 Å². The van der Waals surface area contributed by atoms with Crippen molar-refractivity contribution >= 4 is 39.3 Å². The molecule has 122 valence electrons. The molecule has 0 heterocycles. The fourth-order valence-electron chi connectivity index (χ4n) is 1.78. The lowest BCUT2D eigenvalue weighted by Crippen LogP contribution is -2.20. The van der Waals surface area contributed by atoms with E-state index in [4.69, 9.17) is 16.3 Å². The van der Waals surface area contributed by atoms with Gasteiger partial charge in [-0.05, 0) is 52.7 Å². The van der Waals surface area contributed by atoms with Crippen LogP contribution in [0.15, 0.2) is 40.9 Å². The minimum atomic E-state index is -4.58. The molecule has 1 amide bonds. The van der Waals surface area contributed by atoms with Gasteiger partial charge >= 0.3 is 12.3 Å². The first-order valence-electron chi connectivity index (χ1n) is 6.29. The Kier molecular flexibility index (Phi) is 5.21. The van der Waals surface area contributed by atoms with Crippen LogP contribution in [0.25, 0.3) is 0 Å². The van der Waals surface area contributed by atoms with E-state index in [9.17, 15) is 18.0 Å². The number of hydrogen-bond donors (Lipinski definition) is 1. The van der Waals surface area contributed by atoms with Crippen LogP contribution in [0.2, 0.25) is 5.02 Å². The van der Waals surface area contributed by atoms with E-state index in [1.807, 2.05) is 0 Å². The number of benzene rings is 2. The molecule has 0 atom stereocenters. The molecule has 0 bridgehead atoms. The minimum absolute atomic E-state index is 0.147. The van der Waals surface area contributed by atoms with Crippen molar-refractivity contribution in [3.05, 3.63) is 57.0 Å². The molecule has 1 N–H and O–H groups in total. The van der Waals surface area contributed by atoms with Crippen molar-refractivity contribution in [3.8, 4) is 5.75 Å². The van der Waals surface area contributed by atoms with Crippen molar-refractivity contribution in [1.29, 1.82) is 0 Å². The molecule has 0 spiro atoms. The zero-order chi connectivity index (χ0) is 17.2. The molecule has 2 aromatic carbocycles. The molecule has 2 aromatic rings. The van der Waals surface area contributed by atoms with Crippen molar-refractivity contribution in [2.75, 3.05) is 5.32 Å². The standard InChI is InChI=1S/C15H10BrClF3NO2/c1-8-6-13(10(16)7-11(8)17)23-14(22)21-12-5-3-2-4-9(12)15(18,19)20/h2-7H,1H3,(H,21,22). The van der Waals surface area contributed by atoms with Gasteiger partial charge in [0.05, 0.1) is 15.7 Å². The molecule has 8 heteroatoms. The van der Waals surface area contributed by atoms with Gasteiger partial charge < -0.3 is 4.74 Å². The van der Waals surface area contributed by atoms with Crippen LogP contribution in [-0.2, 0) is 6.18 Å². The molecule has 0 radical (unpaired) electrons. The number of amides is 1. The highest BCUT2D eigenvalue weighted by atomic mass is 79.9. The lowest BCUT2D eigenvalue weighted by molar-refractivity contribution is -0.136. The Bertz CT molecular complexity index is 750. The number of anilines is 1. The maximum atomic E-state index is 12.9. The minimum Gasteiger partial charge on any atom is -0.409 e. The van der Waals surface area contributed by atoms with E-state index in [-0.39, 0.29) is 11.4 Å². The van der Waals surface area contributed by atoms with Crippen LogP contribution in [0.4, 0.5) is 23.7 Å². The fourth-order valence-corrected chi connectivity index (χ4v) is 2.50. The highest BCUT2D eigenvalue weighted by Gasteiger charge is 2.33. The van der Waals surface area contributed by atoms with Crippen LogP contribution in [0.1, 0.15) is 11.1 Å². The average Bonchev–Trinajstić information content (AvgIpc) is 2.44. The SMILES string of the molecule is Cc1cc(OC(=O)Nc2ccccc2C(F)(F)F)c(Br)cc1Cl. The summed E-state index contributed by atoms with van der Waals surface area (Å²) in [5, 5.41) is 2.56. The first-order valence-corrected chi connectivity index (χ1v) is 7.46. The highest BCUT2D eigenvalue weighted by molar-refractivity contribution is 9.10. The second kappa shape index (κ2) is 6.80. The van der Waals surface area contributed by atoms with Gasteiger partial charge in [0.15, 0.2) is 0 Å². The van der Waals surface area contributed by atoms with Crippen LogP contribution in [-0.4, -0.2) is 6.09 Å². The van der Waals surface area contributed by atoms with Crippen molar-refractivity contribution in [1.82, 2.24) is 0 Å². The fraction of sp³-hybridized carbons (Fsp3) is 0.133. The number of ether oxygens (including phenoxy) is 1. The molecular weight excluding hydrogens is 399 g/mol. The van der Waals surface area contributed by atoms with Crippen LogP contribution < -0.4 is 10.1 Å². The molecule has 23 heavy (non-hydrogen) atoms. The topological polar surface area (TPSA) is 38.3 Å². The van der Waals surface area contributed by atoms with E-state index in [2.05, 4.69) is 21.2 Å². The Morgan fingerprint density at radius 3 is 2.57 bits per heavy atom. The van der Waals surface area contributed by atoms with Gasteiger partial charge in [0, 0.05) is 5.02 Å². The van der Waals surface area contributed by atoms with Gasteiger partial charge in [-0.25, -0.2) is 4.79 Å². The highest BCUT2D eigenvalue weighted by Crippen LogP contribution is 2.35. The Hall–Kier alpha value is -1.73. The molecular formula is C15H10BrClF3NO2. The molecule has 0 aliphatic heterocycles. The third-order valence-corrected chi connectivity index (χ3v) is 3.91. The lowest BCUT2D eigenvalue weighted by Gasteiger charge is -2.14. The van der Waals surface area contributed by atoms with Crippen molar-refractivity contribution in [3.63, 3.8) is 0 Å². The zero-order valence-corrected chi connectivity index (χ0v) is 14.0. The van der Waals surface area contributed by atoms with Crippen LogP contribution in [0, 0.1) is 6.92 Å². The molecule has 0 aromatic heterocycles. The van der Waals surface area contributed by atoms with Crippen LogP contribution in [0.3, 0.4) is 0 Å². The van der Waals surface area contributed by atoms with E-state index in [1.54, 1.807) is 6.92 Å². The molecule has 0 aliphatic carbocycles. The quantitative estimate of drug-likeness (QED) is 0.658. The third kappa shape index (κ3) is 4.39. The monoisotopic (exact) mass is 407 g/mol. The van der Waals surface area contributed by atoms with E-state index in [1.165, 1.54) is 24.3 Å². The summed E-state index contributed by atoms with van der Waals surface area (Å²) in [6, 6.07) is 7.67. The molecule has 0 aliphatic rings. The second-order valence-electron chi connectivity index (χ2n) is 4.59. The number of alkyl halides is 3. The van der Waals surface area contributed by atoms with Crippen LogP contribution >= 0.6 is 27.5 Å². The van der Waals surface area contributed by atoms with Gasteiger partial charge in [-0.3, -0.25) is 5.32 Å². The summed E-state index contributed by atoms with van der Waals surface area (Å²) in [6.07, 6.45) is -5.62. The summed E-state index contributed by atoms with van der Waals surface area (Å²) in [7, 11) is 0. The second-order valence-corrected chi connectivity index (χ2v) is 5.85. The average molecular weight is 409 g/mol. The summed E-state index contributed by atoms with van der Waals surface area (Å²) < 4.78 is 44.1.